The van der Waals surface area contributed by atoms with Gasteiger partial charge in [0, 0.05) is 33.5 Å². The maximum absolute atomic E-state index is 14.0. The molecule has 10 aromatic rings. The first-order chi connectivity index (χ1) is 30.4. The Hall–Kier alpha value is -7.62. The Morgan fingerprint density at radius 1 is 0.629 bits per heavy atom. The summed E-state index contributed by atoms with van der Waals surface area (Å²) in [5.41, 5.74) is 13.7. The second-order valence-corrected chi connectivity index (χ2v) is 16.0. The predicted molar refractivity (Wildman–Crippen MR) is 245 cm³/mol. The van der Waals surface area contributed by atoms with Crippen molar-refractivity contribution in [2.75, 3.05) is 0 Å². The predicted octanol–water partition coefficient (Wildman–Crippen LogP) is 12.0. The maximum atomic E-state index is 14.0. The standard InChI is InChI=1S/C52H35ClFN7O/c53-38-21-17-37(18-22-38)52(62)61-47(34-19-23-39(54)24-20-34)30-40(59-61)31-60-46-14-8-7-13-41(46)50-51(60)58-43-26-16-33(29-45(43)57-50)27-32-15-25-42-44(28-32)56-49(36-11-5-2-6-12-36)48(55-42)35-9-3-1-4-10-35/h1-26,28-29,47H,27,30-31H2. The SMILES string of the molecule is O=C(c1ccc(Cl)cc1)N1N=C(Cn2c3ccccc3c3nc4cc(Cc5ccc6nc(-c7ccccc7)c(-c7ccccc7)nc6c5)ccc4nc32)CC1c1ccc(F)cc1. The van der Waals surface area contributed by atoms with Gasteiger partial charge in [-0.15, -0.1) is 0 Å². The monoisotopic (exact) mass is 827 g/mol. The van der Waals surface area contributed by atoms with Crippen LogP contribution in [-0.4, -0.2) is 41.1 Å². The van der Waals surface area contributed by atoms with E-state index < -0.39 is 6.04 Å². The topological polar surface area (TPSA) is 89.2 Å². The number of nitrogens with zero attached hydrogens (tertiary/aromatic N) is 7. The van der Waals surface area contributed by atoms with E-state index in [4.69, 9.17) is 36.6 Å². The smallest absolute Gasteiger partial charge is 0.274 e. The van der Waals surface area contributed by atoms with Gasteiger partial charge in [0.25, 0.3) is 5.91 Å². The van der Waals surface area contributed by atoms with Crippen LogP contribution in [0.5, 0.6) is 0 Å². The molecule has 0 saturated heterocycles. The van der Waals surface area contributed by atoms with Crippen molar-refractivity contribution < 1.29 is 9.18 Å². The van der Waals surface area contributed by atoms with Crippen molar-refractivity contribution in [2.24, 2.45) is 5.10 Å². The molecule has 0 aliphatic carbocycles. The highest BCUT2D eigenvalue weighted by Crippen LogP contribution is 2.36. The van der Waals surface area contributed by atoms with Crippen molar-refractivity contribution in [3.8, 4) is 22.5 Å². The van der Waals surface area contributed by atoms with Crippen molar-refractivity contribution in [3.05, 3.63) is 203 Å². The first kappa shape index (κ1) is 37.4. The summed E-state index contributed by atoms with van der Waals surface area (Å²) in [6, 6.07) is 53.7. The van der Waals surface area contributed by atoms with Crippen LogP contribution in [0.3, 0.4) is 0 Å². The van der Waals surface area contributed by atoms with E-state index in [-0.39, 0.29) is 11.7 Å². The molecule has 1 amide bonds. The Bertz CT molecular complexity index is 3370. The lowest BCUT2D eigenvalue weighted by Crippen LogP contribution is -2.27. The molecule has 1 aliphatic rings. The number of amides is 1. The number of hydrazone groups is 1. The highest BCUT2D eigenvalue weighted by atomic mass is 35.5. The molecule has 10 heteroatoms. The summed E-state index contributed by atoms with van der Waals surface area (Å²) in [6.07, 6.45) is 1.14. The van der Waals surface area contributed by atoms with E-state index in [1.807, 2.05) is 54.6 Å². The van der Waals surface area contributed by atoms with E-state index in [0.29, 0.717) is 30.0 Å². The van der Waals surface area contributed by atoms with Crippen LogP contribution in [0.1, 0.15) is 39.5 Å². The number of benzene rings is 7. The zero-order chi connectivity index (χ0) is 41.7. The van der Waals surface area contributed by atoms with Crippen LogP contribution in [0.25, 0.3) is 66.6 Å². The largest absolute Gasteiger partial charge is 0.318 e. The number of aromatic nitrogens is 5. The van der Waals surface area contributed by atoms with Crippen LogP contribution in [0.4, 0.5) is 4.39 Å². The average molecular weight is 828 g/mol. The number of halogens is 2. The van der Waals surface area contributed by atoms with Crippen LogP contribution in [-0.2, 0) is 13.0 Å². The van der Waals surface area contributed by atoms with Gasteiger partial charge >= 0.3 is 0 Å². The van der Waals surface area contributed by atoms with E-state index in [9.17, 15) is 9.18 Å². The lowest BCUT2D eigenvalue weighted by molar-refractivity contribution is 0.0711. The molecule has 0 saturated carbocycles. The van der Waals surface area contributed by atoms with E-state index in [1.54, 1.807) is 36.4 Å². The minimum atomic E-state index is -0.417. The molecule has 1 atom stereocenters. The van der Waals surface area contributed by atoms with Crippen LogP contribution in [0.15, 0.2) is 175 Å². The lowest BCUT2D eigenvalue weighted by atomic mass is 10.0. The Kier molecular flexibility index (Phi) is 9.31. The Balaban J connectivity index is 0.930. The number of carbonyl (C=O) groups is 1. The third-order valence-corrected chi connectivity index (χ3v) is 11.8. The molecule has 0 spiro atoms. The van der Waals surface area contributed by atoms with Gasteiger partial charge in [0.1, 0.15) is 11.3 Å². The number of hydrogen-bond donors (Lipinski definition) is 0. The Morgan fingerprint density at radius 3 is 1.90 bits per heavy atom. The molecule has 1 unspecified atom stereocenters. The number of para-hydroxylation sites is 1. The first-order valence-electron chi connectivity index (χ1n) is 20.4. The van der Waals surface area contributed by atoms with Crippen molar-refractivity contribution >= 4 is 67.4 Å². The van der Waals surface area contributed by atoms with E-state index in [2.05, 4.69) is 71.3 Å². The maximum Gasteiger partial charge on any atom is 0.274 e. The Morgan fingerprint density at radius 2 is 1.23 bits per heavy atom. The molecule has 8 nitrogen and oxygen atoms in total. The molecule has 1 aliphatic heterocycles. The molecule has 0 fully saturated rings. The highest BCUT2D eigenvalue weighted by Gasteiger charge is 2.34. The fourth-order valence-corrected chi connectivity index (χ4v) is 8.63. The summed E-state index contributed by atoms with van der Waals surface area (Å²) in [5.74, 6) is -0.605. The lowest BCUT2D eigenvalue weighted by Gasteiger charge is -2.22. The van der Waals surface area contributed by atoms with Crippen molar-refractivity contribution in [1.82, 2.24) is 29.5 Å². The molecule has 11 rings (SSSR count). The van der Waals surface area contributed by atoms with Gasteiger partial charge in [0.2, 0.25) is 0 Å². The van der Waals surface area contributed by atoms with Crippen LogP contribution >= 0.6 is 11.6 Å². The molecule has 4 heterocycles. The van der Waals surface area contributed by atoms with Gasteiger partial charge in [0.05, 0.1) is 57.3 Å². The number of carbonyl (C=O) groups excluding carboxylic acids is 1. The molecule has 298 valence electrons. The average Bonchev–Trinajstić information content (AvgIpc) is 3.87. The third kappa shape index (κ3) is 6.92. The highest BCUT2D eigenvalue weighted by molar-refractivity contribution is 6.30. The van der Waals surface area contributed by atoms with Gasteiger partial charge in [-0.25, -0.2) is 29.3 Å². The van der Waals surface area contributed by atoms with E-state index in [0.717, 1.165) is 89.1 Å². The van der Waals surface area contributed by atoms with Gasteiger partial charge in [-0.2, -0.15) is 5.10 Å². The molecule has 7 aromatic carbocycles. The second-order valence-electron chi connectivity index (χ2n) is 15.6. The minimum Gasteiger partial charge on any atom is -0.318 e. The molecular formula is C52H35ClFN7O. The third-order valence-electron chi connectivity index (χ3n) is 11.5. The molecule has 0 N–H and O–H groups in total. The summed E-state index contributed by atoms with van der Waals surface area (Å²) >= 11 is 6.14. The second kappa shape index (κ2) is 15.4. The molecule has 0 bridgehead atoms. The molecule has 62 heavy (non-hydrogen) atoms. The van der Waals surface area contributed by atoms with Crippen LogP contribution < -0.4 is 0 Å². The van der Waals surface area contributed by atoms with Crippen molar-refractivity contribution in [1.29, 1.82) is 0 Å². The Labute approximate surface area is 360 Å². The van der Waals surface area contributed by atoms with Gasteiger partial charge < -0.3 is 4.57 Å². The zero-order valence-corrected chi connectivity index (χ0v) is 33.9. The molecule has 3 aromatic heterocycles. The van der Waals surface area contributed by atoms with Gasteiger partial charge in [-0.3, -0.25) is 4.79 Å². The number of hydrogen-bond acceptors (Lipinski definition) is 6. The fraction of sp³-hybridized carbons (Fsp3) is 0.0769. The van der Waals surface area contributed by atoms with Gasteiger partial charge in [-0.05, 0) is 89.8 Å². The van der Waals surface area contributed by atoms with Gasteiger partial charge in [-0.1, -0.05) is 115 Å². The summed E-state index contributed by atoms with van der Waals surface area (Å²) in [6.45, 7) is 0.383. The summed E-state index contributed by atoms with van der Waals surface area (Å²) in [4.78, 5) is 34.7. The van der Waals surface area contributed by atoms with E-state index >= 15 is 0 Å². The normalized spacial score (nSPS) is 14.0. The van der Waals surface area contributed by atoms with Crippen molar-refractivity contribution in [2.45, 2.75) is 25.4 Å². The minimum absolute atomic E-state index is 0.263. The quantitative estimate of drug-likeness (QED) is 0.152. The van der Waals surface area contributed by atoms with E-state index in [1.165, 1.54) is 17.1 Å². The molecular weight excluding hydrogens is 793 g/mol. The number of rotatable bonds is 8. The summed E-state index contributed by atoms with van der Waals surface area (Å²) in [5, 5.41) is 7.94. The first-order valence-corrected chi connectivity index (χ1v) is 20.8. The summed E-state index contributed by atoms with van der Waals surface area (Å²) < 4.78 is 16.1. The zero-order valence-electron chi connectivity index (χ0n) is 33.2. The fourth-order valence-electron chi connectivity index (χ4n) is 8.50. The number of fused-ring (bicyclic) bond motifs is 5. The summed E-state index contributed by atoms with van der Waals surface area (Å²) in [7, 11) is 0. The van der Waals surface area contributed by atoms with Gasteiger partial charge in [0.15, 0.2) is 5.65 Å². The van der Waals surface area contributed by atoms with Crippen molar-refractivity contribution in [3.63, 3.8) is 0 Å². The van der Waals surface area contributed by atoms with Crippen LogP contribution in [0.2, 0.25) is 5.02 Å². The van der Waals surface area contributed by atoms with Crippen LogP contribution in [0, 0.1) is 5.82 Å². The molecule has 0 radical (unpaired) electrons.